The molecule has 0 heterocycles. The molecule has 0 spiro atoms. The zero-order valence-electron chi connectivity index (χ0n) is 11.6. The first-order valence-corrected chi connectivity index (χ1v) is 8.03. The number of halogens is 1. The van der Waals surface area contributed by atoms with Gasteiger partial charge in [-0.1, -0.05) is 18.2 Å². The van der Waals surface area contributed by atoms with E-state index in [1.165, 1.54) is 24.3 Å². The Labute approximate surface area is 123 Å². The molecule has 0 fully saturated rings. The van der Waals surface area contributed by atoms with Gasteiger partial charge in [0.05, 0.1) is 4.90 Å². The molecule has 1 atom stereocenters. The van der Waals surface area contributed by atoms with E-state index < -0.39 is 10.0 Å². The summed E-state index contributed by atoms with van der Waals surface area (Å²) in [5.41, 5.74) is 1.53. The topological polar surface area (TPSA) is 72.2 Å². The summed E-state index contributed by atoms with van der Waals surface area (Å²) in [5.74, 6) is -0.268. The van der Waals surface area contributed by atoms with E-state index in [2.05, 4.69) is 5.32 Å². The average molecular weight is 308 g/mol. The molecule has 0 aliphatic carbocycles. The Hall–Kier alpha value is -1.92. The highest BCUT2D eigenvalue weighted by Gasteiger charge is 2.09. The lowest BCUT2D eigenvalue weighted by Gasteiger charge is -2.16. The normalized spacial score (nSPS) is 12.9. The standard InChI is InChI=1S/C15H17FN2O2S/c1-11(8-12-4-2-5-13(16)9-12)18-14-6-3-7-15(10-14)21(17,19)20/h2-7,9-11,18H,8H2,1H3,(H2,17,19,20). The van der Waals surface area contributed by atoms with Crippen molar-refractivity contribution in [1.82, 2.24) is 0 Å². The molecule has 4 nitrogen and oxygen atoms in total. The third-order valence-corrected chi connectivity index (χ3v) is 3.92. The molecule has 0 radical (unpaired) electrons. The molecule has 1 unspecified atom stereocenters. The molecule has 112 valence electrons. The third kappa shape index (κ3) is 4.54. The molecule has 3 N–H and O–H groups in total. The van der Waals surface area contributed by atoms with E-state index in [4.69, 9.17) is 5.14 Å². The van der Waals surface area contributed by atoms with Gasteiger partial charge in [0.25, 0.3) is 0 Å². The Morgan fingerprint density at radius 2 is 1.90 bits per heavy atom. The highest BCUT2D eigenvalue weighted by molar-refractivity contribution is 7.89. The maximum absolute atomic E-state index is 13.1. The minimum absolute atomic E-state index is 0.0162. The largest absolute Gasteiger partial charge is 0.382 e. The van der Waals surface area contributed by atoms with Crippen molar-refractivity contribution in [2.45, 2.75) is 24.3 Å². The van der Waals surface area contributed by atoms with Gasteiger partial charge in [-0.3, -0.25) is 0 Å². The van der Waals surface area contributed by atoms with Gasteiger partial charge < -0.3 is 5.32 Å². The van der Waals surface area contributed by atoms with E-state index in [0.717, 1.165) is 5.56 Å². The molecule has 0 aliphatic heterocycles. The van der Waals surface area contributed by atoms with Gasteiger partial charge in [-0.25, -0.2) is 17.9 Å². The van der Waals surface area contributed by atoms with Crippen LogP contribution >= 0.6 is 0 Å². The fourth-order valence-electron chi connectivity index (χ4n) is 2.12. The number of primary sulfonamides is 1. The summed E-state index contributed by atoms with van der Waals surface area (Å²) in [6, 6.07) is 12.7. The monoisotopic (exact) mass is 308 g/mol. The van der Waals surface area contributed by atoms with E-state index in [9.17, 15) is 12.8 Å². The number of hydrogen-bond acceptors (Lipinski definition) is 3. The first kappa shape index (κ1) is 15.5. The van der Waals surface area contributed by atoms with Crippen molar-refractivity contribution in [1.29, 1.82) is 0 Å². The summed E-state index contributed by atoms with van der Waals surface area (Å²) in [6.07, 6.45) is 0.622. The van der Waals surface area contributed by atoms with Crippen LogP contribution in [0.4, 0.5) is 10.1 Å². The van der Waals surface area contributed by atoms with Crippen molar-refractivity contribution < 1.29 is 12.8 Å². The number of nitrogens with two attached hydrogens (primary N) is 1. The van der Waals surface area contributed by atoms with Crippen molar-refractivity contribution >= 4 is 15.7 Å². The van der Waals surface area contributed by atoms with Crippen LogP contribution < -0.4 is 10.5 Å². The molecule has 0 saturated heterocycles. The van der Waals surface area contributed by atoms with Crippen molar-refractivity contribution in [2.75, 3.05) is 5.32 Å². The van der Waals surface area contributed by atoms with E-state index in [-0.39, 0.29) is 16.8 Å². The summed E-state index contributed by atoms with van der Waals surface area (Å²) in [7, 11) is -3.72. The van der Waals surface area contributed by atoms with E-state index in [1.807, 2.05) is 13.0 Å². The van der Waals surface area contributed by atoms with E-state index in [1.54, 1.807) is 18.2 Å². The zero-order chi connectivity index (χ0) is 15.5. The SMILES string of the molecule is CC(Cc1cccc(F)c1)Nc1cccc(S(N)(=O)=O)c1. The Morgan fingerprint density at radius 1 is 1.19 bits per heavy atom. The van der Waals surface area contributed by atoms with Crippen molar-refractivity contribution in [3.05, 3.63) is 59.9 Å². The Kier molecular flexibility index (Phi) is 4.59. The Bertz CT molecular complexity index is 732. The highest BCUT2D eigenvalue weighted by Crippen LogP contribution is 2.16. The van der Waals surface area contributed by atoms with E-state index >= 15 is 0 Å². The smallest absolute Gasteiger partial charge is 0.238 e. The molecule has 21 heavy (non-hydrogen) atoms. The Balaban J connectivity index is 2.08. The van der Waals surface area contributed by atoms with Crippen LogP contribution in [0.3, 0.4) is 0 Å². The number of anilines is 1. The second kappa shape index (κ2) is 6.24. The van der Waals surface area contributed by atoms with Gasteiger partial charge in [-0.05, 0) is 49.2 Å². The van der Waals surface area contributed by atoms with Crippen LogP contribution in [0.1, 0.15) is 12.5 Å². The molecule has 0 amide bonds. The molecule has 6 heteroatoms. The minimum Gasteiger partial charge on any atom is -0.382 e. The highest BCUT2D eigenvalue weighted by atomic mass is 32.2. The second-order valence-electron chi connectivity index (χ2n) is 4.95. The minimum atomic E-state index is -3.72. The summed E-state index contributed by atoms with van der Waals surface area (Å²) >= 11 is 0. The molecule has 2 aromatic rings. The average Bonchev–Trinajstić information content (AvgIpc) is 2.37. The van der Waals surface area contributed by atoms with Gasteiger partial charge in [0.15, 0.2) is 0 Å². The molecule has 0 aromatic heterocycles. The number of hydrogen-bond donors (Lipinski definition) is 2. The quantitative estimate of drug-likeness (QED) is 0.891. The molecule has 0 bridgehead atoms. The van der Waals surface area contributed by atoms with Gasteiger partial charge in [0, 0.05) is 11.7 Å². The summed E-state index contributed by atoms with van der Waals surface area (Å²) < 4.78 is 35.7. The number of nitrogens with one attached hydrogen (secondary N) is 1. The van der Waals surface area contributed by atoms with Crippen molar-refractivity contribution in [3.8, 4) is 0 Å². The molecular formula is C15H17FN2O2S. The van der Waals surface area contributed by atoms with Crippen LogP contribution in [0.5, 0.6) is 0 Å². The molecule has 2 aromatic carbocycles. The van der Waals surface area contributed by atoms with Crippen LogP contribution in [0.2, 0.25) is 0 Å². The van der Waals surface area contributed by atoms with Crippen LogP contribution in [-0.2, 0) is 16.4 Å². The lowest BCUT2D eigenvalue weighted by Crippen LogP contribution is -2.19. The lowest BCUT2D eigenvalue weighted by atomic mass is 10.1. The summed E-state index contributed by atoms with van der Waals surface area (Å²) in [5, 5.41) is 8.28. The molecule has 2 rings (SSSR count). The van der Waals surface area contributed by atoms with Crippen LogP contribution in [0.25, 0.3) is 0 Å². The fraction of sp³-hybridized carbons (Fsp3) is 0.200. The van der Waals surface area contributed by atoms with Gasteiger partial charge in [-0.15, -0.1) is 0 Å². The molecule has 0 saturated carbocycles. The predicted molar refractivity (Wildman–Crippen MR) is 81.0 cm³/mol. The van der Waals surface area contributed by atoms with Gasteiger partial charge >= 0.3 is 0 Å². The van der Waals surface area contributed by atoms with Gasteiger partial charge in [0.2, 0.25) is 10.0 Å². The number of sulfonamides is 1. The van der Waals surface area contributed by atoms with Gasteiger partial charge in [-0.2, -0.15) is 0 Å². The van der Waals surface area contributed by atoms with Crippen LogP contribution in [0.15, 0.2) is 53.4 Å². The molecular weight excluding hydrogens is 291 g/mol. The zero-order valence-corrected chi connectivity index (χ0v) is 12.4. The van der Waals surface area contributed by atoms with Crippen LogP contribution in [0, 0.1) is 5.82 Å². The van der Waals surface area contributed by atoms with Gasteiger partial charge in [0.1, 0.15) is 5.82 Å². The lowest BCUT2D eigenvalue weighted by molar-refractivity contribution is 0.597. The molecule has 0 aliphatic rings. The third-order valence-electron chi connectivity index (χ3n) is 3.01. The maximum atomic E-state index is 13.1. The van der Waals surface area contributed by atoms with Crippen molar-refractivity contribution in [2.24, 2.45) is 5.14 Å². The van der Waals surface area contributed by atoms with Crippen LogP contribution in [-0.4, -0.2) is 14.5 Å². The first-order valence-electron chi connectivity index (χ1n) is 6.48. The predicted octanol–water partition coefficient (Wildman–Crippen LogP) is 2.52. The Morgan fingerprint density at radius 3 is 2.57 bits per heavy atom. The number of rotatable bonds is 5. The maximum Gasteiger partial charge on any atom is 0.238 e. The fourth-order valence-corrected chi connectivity index (χ4v) is 2.68. The number of benzene rings is 2. The first-order chi connectivity index (χ1) is 9.84. The second-order valence-corrected chi connectivity index (χ2v) is 6.51. The summed E-state index contributed by atoms with van der Waals surface area (Å²) in [4.78, 5) is 0.0606. The van der Waals surface area contributed by atoms with E-state index in [0.29, 0.717) is 12.1 Å². The van der Waals surface area contributed by atoms with Crippen molar-refractivity contribution in [3.63, 3.8) is 0 Å². The summed E-state index contributed by atoms with van der Waals surface area (Å²) in [6.45, 7) is 1.94.